The third kappa shape index (κ3) is 1.50. The molecule has 0 radical (unpaired) electrons. The molecule has 1 aromatic rings. The second-order valence-corrected chi connectivity index (χ2v) is 4.74. The first kappa shape index (κ1) is 9.43. The number of ether oxygens (including phenoxy) is 1. The van der Waals surface area contributed by atoms with E-state index in [9.17, 15) is 0 Å². The summed E-state index contributed by atoms with van der Waals surface area (Å²) in [5, 5.41) is 0. The van der Waals surface area contributed by atoms with E-state index in [0.717, 1.165) is 37.8 Å². The highest BCUT2D eigenvalue weighted by Gasteiger charge is 2.49. The molecule has 0 bridgehead atoms. The van der Waals surface area contributed by atoms with Crippen LogP contribution in [0.5, 0.6) is 0 Å². The third-order valence-electron chi connectivity index (χ3n) is 3.12. The van der Waals surface area contributed by atoms with Gasteiger partial charge in [-0.1, -0.05) is 6.07 Å². The number of aromatic nitrogens is 1. The molecule has 1 aromatic heterocycles. The van der Waals surface area contributed by atoms with Crippen LogP contribution in [0.4, 0.5) is 5.82 Å². The maximum Gasteiger partial charge on any atom is 0.128 e. The lowest BCUT2D eigenvalue weighted by molar-refractivity contribution is -0.127. The number of anilines is 1. The summed E-state index contributed by atoms with van der Waals surface area (Å²) in [6.45, 7) is 3.98. The van der Waals surface area contributed by atoms with Crippen LogP contribution in [-0.4, -0.2) is 31.3 Å². The van der Waals surface area contributed by atoms with Gasteiger partial charge in [-0.05, 0) is 12.1 Å². The highest BCUT2D eigenvalue weighted by molar-refractivity contribution is 6.16. The molecule has 15 heavy (non-hydrogen) atoms. The molecule has 2 aliphatic heterocycles. The second-order valence-electron chi connectivity index (χ2n) is 4.47. The molecule has 0 atom stereocenters. The molecular formula is C11H13ClN2O. The molecule has 1 spiro atoms. The zero-order chi connectivity index (χ0) is 10.3. The van der Waals surface area contributed by atoms with Crippen LogP contribution in [0, 0.1) is 5.41 Å². The molecule has 3 rings (SSSR count). The maximum absolute atomic E-state index is 5.76. The Morgan fingerprint density at radius 2 is 2.20 bits per heavy atom. The van der Waals surface area contributed by atoms with E-state index in [-0.39, 0.29) is 0 Å². The molecule has 0 aliphatic carbocycles. The Labute approximate surface area is 94.0 Å². The van der Waals surface area contributed by atoms with Crippen molar-refractivity contribution in [3.63, 3.8) is 0 Å². The van der Waals surface area contributed by atoms with Crippen molar-refractivity contribution in [2.75, 3.05) is 31.2 Å². The molecule has 2 aliphatic rings. The first-order chi connectivity index (χ1) is 7.31. The molecule has 4 heteroatoms. The van der Waals surface area contributed by atoms with Crippen molar-refractivity contribution in [1.29, 1.82) is 0 Å². The highest BCUT2D eigenvalue weighted by atomic mass is 35.5. The van der Waals surface area contributed by atoms with Crippen molar-refractivity contribution >= 4 is 17.4 Å². The summed E-state index contributed by atoms with van der Waals surface area (Å²) >= 11 is 5.76. The van der Waals surface area contributed by atoms with E-state index in [4.69, 9.17) is 16.3 Å². The predicted octanol–water partition coefficient (Wildman–Crippen LogP) is 1.66. The van der Waals surface area contributed by atoms with Crippen LogP contribution in [-0.2, 0) is 10.6 Å². The summed E-state index contributed by atoms with van der Waals surface area (Å²) in [5.41, 5.74) is 1.39. The minimum Gasteiger partial charge on any atom is -0.380 e. The van der Waals surface area contributed by atoms with E-state index in [2.05, 4.69) is 9.88 Å². The van der Waals surface area contributed by atoms with Crippen LogP contribution in [0.25, 0.3) is 0 Å². The summed E-state index contributed by atoms with van der Waals surface area (Å²) in [4.78, 5) is 6.78. The van der Waals surface area contributed by atoms with E-state index in [1.165, 1.54) is 0 Å². The Morgan fingerprint density at radius 3 is 2.80 bits per heavy atom. The number of hydrogen-bond acceptors (Lipinski definition) is 3. The van der Waals surface area contributed by atoms with Gasteiger partial charge in [0, 0.05) is 13.1 Å². The molecule has 0 N–H and O–H groups in total. The molecule has 0 saturated carbocycles. The van der Waals surface area contributed by atoms with Gasteiger partial charge in [0.2, 0.25) is 0 Å². The normalized spacial score (nSPS) is 22.3. The topological polar surface area (TPSA) is 25.4 Å². The third-order valence-corrected chi connectivity index (χ3v) is 3.40. The number of hydrogen-bond donors (Lipinski definition) is 0. The van der Waals surface area contributed by atoms with Gasteiger partial charge in [0.1, 0.15) is 5.82 Å². The van der Waals surface area contributed by atoms with Gasteiger partial charge in [0.15, 0.2) is 0 Å². The lowest BCUT2D eigenvalue weighted by Crippen LogP contribution is -2.66. The second kappa shape index (κ2) is 3.35. The average Bonchev–Trinajstić information content (AvgIpc) is 2.14. The molecule has 80 valence electrons. The fraction of sp³-hybridized carbons (Fsp3) is 0.545. The number of halogens is 1. The van der Waals surface area contributed by atoms with E-state index in [1.54, 1.807) is 0 Å². The molecule has 2 saturated heterocycles. The van der Waals surface area contributed by atoms with Crippen LogP contribution in [0.2, 0.25) is 0 Å². The van der Waals surface area contributed by atoms with Gasteiger partial charge >= 0.3 is 0 Å². The Hall–Kier alpha value is -0.800. The molecule has 0 amide bonds. The van der Waals surface area contributed by atoms with E-state index in [1.807, 2.05) is 18.2 Å². The van der Waals surface area contributed by atoms with Gasteiger partial charge in [-0.2, -0.15) is 0 Å². The maximum atomic E-state index is 5.76. The van der Waals surface area contributed by atoms with Crippen molar-refractivity contribution in [2.45, 2.75) is 5.88 Å². The molecule has 3 nitrogen and oxygen atoms in total. The highest BCUT2D eigenvalue weighted by Crippen LogP contribution is 2.39. The monoisotopic (exact) mass is 224 g/mol. The van der Waals surface area contributed by atoms with Crippen LogP contribution in [0.15, 0.2) is 18.2 Å². The average molecular weight is 225 g/mol. The van der Waals surface area contributed by atoms with Crippen molar-refractivity contribution in [1.82, 2.24) is 4.98 Å². The van der Waals surface area contributed by atoms with Crippen LogP contribution >= 0.6 is 11.6 Å². The standard InChI is InChI=1S/C11H13ClN2O/c12-4-9-2-1-3-10(13-9)14-5-11(6-14)7-15-8-11/h1-3H,4-8H2. The molecule has 0 aromatic carbocycles. The fourth-order valence-electron chi connectivity index (χ4n) is 2.22. The minimum absolute atomic E-state index is 0.443. The Balaban J connectivity index is 1.72. The lowest BCUT2D eigenvalue weighted by Gasteiger charge is -2.55. The first-order valence-corrected chi connectivity index (χ1v) is 5.69. The first-order valence-electron chi connectivity index (χ1n) is 5.16. The molecular weight excluding hydrogens is 212 g/mol. The summed E-state index contributed by atoms with van der Waals surface area (Å²) in [6, 6.07) is 6.02. The molecule has 0 unspecified atom stereocenters. The van der Waals surface area contributed by atoms with E-state index < -0.39 is 0 Å². The van der Waals surface area contributed by atoms with Gasteiger partial charge in [-0.15, -0.1) is 11.6 Å². The predicted molar refractivity (Wildman–Crippen MR) is 59.3 cm³/mol. The summed E-state index contributed by atoms with van der Waals surface area (Å²) in [6.07, 6.45) is 0. The Kier molecular flexibility index (Phi) is 2.11. The van der Waals surface area contributed by atoms with Crippen molar-refractivity contribution < 1.29 is 4.74 Å². The van der Waals surface area contributed by atoms with Gasteiger partial charge in [0.05, 0.1) is 30.2 Å². The zero-order valence-electron chi connectivity index (χ0n) is 8.45. The minimum atomic E-state index is 0.443. The van der Waals surface area contributed by atoms with Gasteiger partial charge in [-0.3, -0.25) is 0 Å². The lowest BCUT2D eigenvalue weighted by atomic mass is 9.78. The van der Waals surface area contributed by atoms with Gasteiger partial charge < -0.3 is 9.64 Å². The smallest absolute Gasteiger partial charge is 0.128 e. The van der Waals surface area contributed by atoms with Gasteiger partial charge in [0.25, 0.3) is 0 Å². The number of pyridine rings is 1. The van der Waals surface area contributed by atoms with E-state index in [0.29, 0.717) is 11.3 Å². The SMILES string of the molecule is ClCc1cccc(N2CC3(COC3)C2)n1. The summed E-state index contributed by atoms with van der Waals surface area (Å²) < 4.78 is 5.24. The molecule has 2 fully saturated rings. The number of rotatable bonds is 2. The Morgan fingerprint density at radius 1 is 1.40 bits per heavy atom. The molecule has 3 heterocycles. The van der Waals surface area contributed by atoms with Crippen LogP contribution < -0.4 is 4.90 Å². The van der Waals surface area contributed by atoms with Crippen molar-refractivity contribution in [3.8, 4) is 0 Å². The van der Waals surface area contributed by atoms with Crippen LogP contribution in [0.3, 0.4) is 0 Å². The Bertz CT molecular complexity index is 371. The van der Waals surface area contributed by atoms with Gasteiger partial charge in [-0.25, -0.2) is 4.98 Å². The number of nitrogens with zero attached hydrogens (tertiary/aromatic N) is 2. The number of alkyl halides is 1. The quantitative estimate of drug-likeness (QED) is 0.715. The summed E-state index contributed by atoms with van der Waals surface area (Å²) in [7, 11) is 0. The summed E-state index contributed by atoms with van der Waals surface area (Å²) in [5.74, 6) is 1.53. The fourth-order valence-corrected chi connectivity index (χ4v) is 2.37. The largest absolute Gasteiger partial charge is 0.380 e. The van der Waals surface area contributed by atoms with Crippen LogP contribution in [0.1, 0.15) is 5.69 Å². The zero-order valence-corrected chi connectivity index (χ0v) is 9.20. The van der Waals surface area contributed by atoms with E-state index >= 15 is 0 Å². The van der Waals surface area contributed by atoms with Crippen molar-refractivity contribution in [2.24, 2.45) is 5.41 Å². The van der Waals surface area contributed by atoms with Crippen molar-refractivity contribution in [3.05, 3.63) is 23.9 Å².